The van der Waals surface area contributed by atoms with Gasteiger partial charge in [0.05, 0.1) is 18.2 Å². The molecule has 0 aromatic carbocycles. The lowest BCUT2D eigenvalue weighted by atomic mass is 10.0. The van der Waals surface area contributed by atoms with Crippen LogP contribution in [0.4, 0.5) is 5.82 Å². The van der Waals surface area contributed by atoms with Gasteiger partial charge in [-0.3, -0.25) is 9.69 Å². The molecule has 1 fully saturated rings. The molecule has 0 spiro atoms. The quantitative estimate of drug-likeness (QED) is 0.811. The number of hydrogen-bond acceptors (Lipinski definition) is 5. The van der Waals surface area contributed by atoms with Crippen molar-refractivity contribution in [3.63, 3.8) is 0 Å². The molecule has 1 saturated heterocycles. The first-order valence-corrected chi connectivity index (χ1v) is 6.30. The fraction of sp³-hybridized carbons (Fsp3) is 0.462. The van der Waals surface area contributed by atoms with E-state index in [1.165, 1.54) is 0 Å². The van der Waals surface area contributed by atoms with Crippen molar-refractivity contribution in [1.29, 1.82) is 5.26 Å². The van der Waals surface area contributed by atoms with E-state index in [9.17, 15) is 4.79 Å². The Kier molecular flexibility index (Phi) is 4.31. The molecular formula is C13H17N5O. The van der Waals surface area contributed by atoms with Crippen LogP contribution in [0, 0.1) is 11.3 Å². The van der Waals surface area contributed by atoms with E-state index >= 15 is 0 Å². The van der Waals surface area contributed by atoms with Crippen molar-refractivity contribution in [3.8, 4) is 6.07 Å². The van der Waals surface area contributed by atoms with Gasteiger partial charge in [-0.05, 0) is 25.0 Å². The Morgan fingerprint density at radius 3 is 2.95 bits per heavy atom. The molecule has 100 valence electrons. The molecule has 0 unspecified atom stereocenters. The number of pyridine rings is 1. The van der Waals surface area contributed by atoms with Gasteiger partial charge in [0.25, 0.3) is 0 Å². The van der Waals surface area contributed by atoms with Crippen LogP contribution >= 0.6 is 0 Å². The topological polar surface area (TPSA) is 95.0 Å². The Bertz CT molecular complexity index is 488. The minimum atomic E-state index is -0.283. The number of likely N-dealkylation sites (tertiary alicyclic amines) is 1. The number of hydrogen-bond donors (Lipinski definition) is 2. The van der Waals surface area contributed by atoms with E-state index in [0.29, 0.717) is 18.2 Å². The number of amides is 1. The van der Waals surface area contributed by atoms with Crippen LogP contribution in [-0.2, 0) is 4.79 Å². The van der Waals surface area contributed by atoms with E-state index in [1.807, 2.05) is 0 Å². The first-order valence-electron chi connectivity index (χ1n) is 6.30. The number of nitrogens with zero attached hydrogens (tertiary/aromatic N) is 3. The molecule has 0 aliphatic carbocycles. The number of primary amides is 1. The summed E-state index contributed by atoms with van der Waals surface area (Å²) in [4.78, 5) is 17.1. The van der Waals surface area contributed by atoms with Crippen molar-refractivity contribution < 1.29 is 4.79 Å². The second-order valence-electron chi connectivity index (χ2n) is 4.70. The van der Waals surface area contributed by atoms with E-state index < -0.39 is 0 Å². The molecule has 0 radical (unpaired) electrons. The van der Waals surface area contributed by atoms with Gasteiger partial charge >= 0.3 is 0 Å². The SMILES string of the molecule is N#Cc1ccnc(NC2CCN(CC(N)=O)CC2)c1. The molecule has 2 rings (SSSR count). The van der Waals surface area contributed by atoms with Crippen molar-refractivity contribution in [2.75, 3.05) is 25.0 Å². The lowest BCUT2D eigenvalue weighted by Crippen LogP contribution is -2.43. The highest BCUT2D eigenvalue weighted by molar-refractivity contribution is 5.75. The minimum absolute atomic E-state index is 0.283. The maximum atomic E-state index is 10.8. The number of nitriles is 1. The molecule has 1 aromatic heterocycles. The predicted octanol–water partition coefficient (Wildman–Crippen LogP) is 0.315. The third-order valence-corrected chi connectivity index (χ3v) is 3.21. The molecule has 6 heteroatoms. The molecule has 1 aromatic rings. The highest BCUT2D eigenvalue weighted by atomic mass is 16.1. The summed E-state index contributed by atoms with van der Waals surface area (Å²) in [5.41, 5.74) is 5.78. The van der Waals surface area contributed by atoms with Crippen LogP contribution in [0.2, 0.25) is 0 Å². The zero-order chi connectivity index (χ0) is 13.7. The van der Waals surface area contributed by atoms with Gasteiger partial charge in [-0.15, -0.1) is 0 Å². The summed E-state index contributed by atoms with van der Waals surface area (Å²) in [6, 6.07) is 5.85. The fourth-order valence-electron chi connectivity index (χ4n) is 2.24. The minimum Gasteiger partial charge on any atom is -0.369 e. The third kappa shape index (κ3) is 3.93. The zero-order valence-corrected chi connectivity index (χ0v) is 10.7. The van der Waals surface area contributed by atoms with Crippen molar-refractivity contribution in [1.82, 2.24) is 9.88 Å². The first kappa shape index (κ1) is 13.3. The summed E-state index contributed by atoms with van der Waals surface area (Å²) in [6.45, 7) is 2.02. The standard InChI is InChI=1S/C13H17N5O/c14-8-10-1-4-16-13(7-10)17-11-2-5-18(6-3-11)9-12(15)19/h1,4,7,11H,2-3,5-6,9H2,(H2,15,19)(H,16,17). The maximum absolute atomic E-state index is 10.8. The third-order valence-electron chi connectivity index (χ3n) is 3.21. The number of carbonyl (C=O) groups excluding carboxylic acids is 1. The van der Waals surface area contributed by atoms with Crippen LogP contribution in [0.1, 0.15) is 18.4 Å². The predicted molar refractivity (Wildman–Crippen MR) is 71.2 cm³/mol. The number of nitrogens with two attached hydrogens (primary N) is 1. The highest BCUT2D eigenvalue weighted by Crippen LogP contribution is 2.15. The van der Waals surface area contributed by atoms with Crippen molar-refractivity contribution >= 4 is 11.7 Å². The highest BCUT2D eigenvalue weighted by Gasteiger charge is 2.20. The van der Waals surface area contributed by atoms with E-state index in [2.05, 4.69) is 21.3 Å². The molecule has 0 atom stereocenters. The van der Waals surface area contributed by atoms with Gasteiger partial charge in [-0.1, -0.05) is 0 Å². The molecular weight excluding hydrogens is 242 g/mol. The zero-order valence-electron chi connectivity index (χ0n) is 10.7. The van der Waals surface area contributed by atoms with Crippen LogP contribution in [0.3, 0.4) is 0 Å². The van der Waals surface area contributed by atoms with E-state index in [-0.39, 0.29) is 5.91 Å². The number of aromatic nitrogens is 1. The second-order valence-corrected chi connectivity index (χ2v) is 4.70. The van der Waals surface area contributed by atoms with E-state index in [1.54, 1.807) is 18.3 Å². The molecule has 0 saturated carbocycles. The van der Waals surface area contributed by atoms with E-state index in [4.69, 9.17) is 11.0 Å². The molecule has 19 heavy (non-hydrogen) atoms. The molecule has 3 N–H and O–H groups in total. The summed E-state index contributed by atoms with van der Waals surface area (Å²) < 4.78 is 0. The summed E-state index contributed by atoms with van der Waals surface area (Å²) in [5, 5.41) is 12.2. The van der Waals surface area contributed by atoms with Gasteiger partial charge < -0.3 is 11.1 Å². The number of carbonyl (C=O) groups is 1. The molecule has 1 aliphatic heterocycles. The fourth-order valence-corrected chi connectivity index (χ4v) is 2.24. The molecule has 2 heterocycles. The number of anilines is 1. The first-order chi connectivity index (χ1) is 9.17. The summed E-state index contributed by atoms with van der Waals surface area (Å²) >= 11 is 0. The average Bonchev–Trinajstić information content (AvgIpc) is 2.41. The maximum Gasteiger partial charge on any atom is 0.231 e. The molecule has 0 bridgehead atoms. The normalized spacial score (nSPS) is 16.8. The van der Waals surface area contributed by atoms with Gasteiger partial charge in [0.2, 0.25) is 5.91 Å². The van der Waals surface area contributed by atoms with Crippen LogP contribution in [0.25, 0.3) is 0 Å². The Morgan fingerprint density at radius 2 is 2.32 bits per heavy atom. The van der Waals surface area contributed by atoms with Gasteiger partial charge in [0.15, 0.2) is 0 Å². The van der Waals surface area contributed by atoms with Gasteiger partial charge in [-0.2, -0.15) is 5.26 Å². The summed E-state index contributed by atoms with van der Waals surface area (Å²) in [7, 11) is 0. The number of nitrogens with one attached hydrogen (secondary N) is 1. The van der Waals surface area contributed by atoms with Crippen molar-refractivity contribution in [2.45, 2.75) is 18.9 Å². The number of piperidine rings is 1. The summed E-state index contributed by atoms with van der Waals surface area (Å²) in [6.07, 6.45) is 3.50. The van der Waals surface area contributed by atoms with Gasteiger partial charge in [-0.25, -0.2) is 4.98 Å². The van der Waals surface area contributed by atoms with Crippen LogP contribution in [0.15, 0.2) is 18.3 Å². The van der Waals surface area contributed by atoms with Crippen molar-refractivity contribution in [2.24, 2.45) is 5.73 Å². The van der Waals surface area contributed by atoms with Crippen LogP contribution in [-0.4, -0.2) is 41.5 Å². The average molecular weight is 259 g/mol. The Labute approximate surface area is 112 Å². The van der Waals surface area contributed by atoms with Crippen molar-refractivity contribution in [3.05, 3.63) is 23.9 Å². The molecule has 1 amide bonds. The lowest BCUT2D eigenvalue weighted by Gasteiger charge is -2.31. The van der Waals surface area contributed by atoms with Crippen LogP contribution in [0.5, 0.6) is 0 Å². The molecule has 1 aliphatic rings. The van der Waals surface area contributed by atoms with Gasteiger partial charge in [0.1, 0.15) is 5.82 Å². The monoisotopic (exact) mass is 259 g/mol. The lowest BCUT2D eigenvalue weighted by molar-refractivity contribution is -0.119. The van der Waals surface area contributed by atoms with Gasteiger partial charge in [0, 0.05) is 25.3 Å². The summed E-state index contributed by atoms with van der Waals surface area (Å²) in [5.74, 6) is 0.446. The Hall–Kier alpha value is -2.13. The number of rotatable bonds is 4. The van der Waals surface area contributed by atoms with Crippen LogP contribution < -0.4 is 11.1 Å². The Morgan fingerprint density at radius 1 is 1.58 bits per heavy atom. The van der Waals surface area contributed by atoms with E-state index in [0.717, 1.165) is 31.7 Å². The second kappa shape index (κ2) is 6.16. The molecule has 6 nitrogen and oxygen atoms in total. The largest absolute Gasteiger partial charge is 0.369 e. The smallest absolute Gasteiger partial charge is 0.231 e. The Balaban J connectivity index is 1.85.